The zero-order valence-corrected chi connectivity index (χ0v) is 15.5. The first kappa shape index (κ1) is 17.1. The van der Waals surface area contributed by atoms with Crippen molar-refractivity contribution in [2.45, 2.75) is 37.6 Å². The molecule has 0 atom stereocenters. The third-order valence-electron chi connectivity index (χ3n) is 6.13. The highest BCUT2D eigenvalue weighted by atomic mass is 19.1. The number of amides is 1. The average molecular weight is 376 g/mol. The summed E-state index contributed by atoms with van der Waals surface area (Å²) in [6.45, 7) is 1.02. The zero-order chi connectivity index (χ0) is 19.1. The van der Waals surface area contributed by atoms with Gasteiger partial charge in [-0.15, -0.1) is 0 Å². The third kappa shape index (κ3) is 2.63. The van der Waals surface area contributed by atoms with Gasteiger partial charge in [0.2, 0.25) is 0 Å². The van der Waals surface area contributed by atoms with Gasteiger partial charge in [-0.05, 0) is 36.6 Å². The van der Waals surface area contributed by atoms with Crippen molar-refractivity contribution in [2.75, 3.05) is 11.4 Å². The molecule has 28 heavy (non-hydrogen) atoms. The number of carbonyl (C=O) groups excluding carboxylic acids is 1. The van der Waals surface area contributed by atoms with Gasteiger partial charge < -0.3 is 4.90 Å². The molecule has 1 fully saturated rings. The highest BCUT2D eigenvalue weighted by Gasteiger charge is 2.48. The predicted octanol–water partition coefficient (Wildman–Crippen LogP) is 3.94. The van der Waals surface area contributed by atoms with Crippen LogP contribution in [0.3, 0.4) is 0 Å². The molecule has 3 aromatic rings. The molecule has 0 radical (unpaired) electrons. The molecule has 6 heteroatoms. The van der Waals surface area contributed by atoms with Crippen molar-refractivity contribution in [1.82, 2.24) is 14.8 Å². The predicted molar refractivity (Wildman–Crippen MR) is 104 cm³/mol. The molecule has 0 unspecified atom stereocenters. The number of halogens is 1. The van der Waals surface area contributed by atoms with Crippen molar-refractivity contribution < 1.29 is 9.18 Å². The standard InChI is InChI=1S/C22H21FN4O/c23-18-8-5-9-19-20(18)22(10-3-4-11-22)13-27(19)21(28)17-7-2-1-6-16(17)12-26-15-24-14-25-26/h1-2,5-9,14-15H,3-4,10-13H2. The topological polar surface area (TPSA) is 51.0 Å². The van der Waals surface area contributed by atoms with Gasteiger partial charge in [-0.2, -0.15) is 5.10 Å². The van der Waals surface area contributed by atoms with Crippen LogP contribution in [0, 0.1) is 5.82 Å². The number of fused-ring (bicyclic) bond motifs is 2. The van der Waals surface area contributed by atoms with Gasteiger partial charge in [-0.1, -0.05) is 37.1 Å². The molecular weight excluding hydrogens is 355 g/mol. The Hall–Kier alpha value is -3.02. The average Bonchev–Trinajstić information content (AvgIpc) is 3.44. The van der Waals surface area contributed by atoms with Crippen LogP contribution in [-0.4, -0.2) is 27.2 Å². The van der Waals surface area contributed by atoms with Crippen LogP contribution in [0.15, 0.2) is 55.1 Å². The summed E-state index contributed by atoms with van der Waals surface area (Å²) in [5, 5.41) is 4.15. The number of benzene rings is 2. The second-order valence-electron chi connectivity index (χ2n) is 7.76. The molecular formula is C22H21FN4O. The molecule has 5 rings (SSSR count). The van der Waals surface area contributed by atoms with Crippen molar-refractivity contribution in [1.29, 1.82) is 0 Å². The third-order valence-corrected chi connectivity index (χ3v) is 6.13. The summed E-state index contributed by atoms with van der Waals surface area (Å²) in [6.07, 6.45) is 7.15. The van der Waals surface area contributed by atoms with Crippen LogP contribution in [0.25, 0.3) is 0 Å². The van der Waals surface area contributed by atoms with Crippen LogP contribution in [0.1, 0.15) is 47.2 Å². The normalized spacial score (nSPS) is 17.2. The molecule has 0 saturated heterocycles. The number of carbonyl (C=O) groups is 1. The number of aromatic nitrogens is 3. The summed E-state index contributed by atoms with van der Waals surface area (Å²) in [6, 6.07) is 12.7. The van der Waals surface area contributed by atoms with E-state index in [1.807, 2.05) is 30.3 Å². The number of rotatable bonds is 3. The minimum Gasteiger partial charge on any atom is -0.307 e. The molecule has 1 saturated carbocycles. The summed E-state index contributed by atoms with van der Waals surface area (Å²) in [4.78, 5) is 19.3. The Bertz CT molecular complexity index is 1020. The lowest BCUT2D eigenvalue weighted by molar-refractivity contribution is 0.0984. The fraction of sp³-hybridized carbons (Fsp3) is 0.318. The minimum absolute atomic E-state index is 0.0775. The van der Waals surface area contributed by atoms with Gasteiger partial charge in [0.05, 0.1) is 12.2 Å². The van der Waals surface area contributed by atoms with E-state index in [0.29, 0.717) is 18.7 Å². The van der Waals surface area contributed by atoms with Crippen LogP contribution in [-0.2, 0) is 12.0 Å². The van der Waals surface area contributed by atoms with E-state index in [9.17, 15) is 9.18 Å². The quantitative estimate of drug-likeness (QED) is 0.696. The van der Waals surface area contributed by atoms with Crippen molar-refractivity contribution in [3.8, 4) is 0 Å². The van der Waals surface area contributed by atoms with Crippen LogP contribution >= 0.6 is 0 Å². The Kier molecular flexibility index (Phi) is 4.00. The lowest BCUT2D eigenvalue weighted by Gasteiger charge is -2.25. The molecule has 1 aromatic heterocycles. The molecule has 0 N–H and O–H groups in total. The highest BCUT2D eigenvalue weighted by Crippen LogP contribution is 2.51. The zero-order valence-electron chi connectivity index (χ0n) is 15.5. The summed E-state index contributed by atoms with van der Waals surface area (Å²) >= 11 is 0. The van der Waals surface area contributed by atoms with Gasteiger partial charge >= 0.3 is 0 Å². The van der Waals surface area contributed by atoms with Crippen LogP contribution < -0.4 is 4.90 Å². The van der Waals surface area contributed by atoms with Crippen molar-refractivity contribution in [3.63, 3.8) is 0 Å². The Morgan fingerprint density at radius 1 is 1.11 bits per heavy atom. The molecule has 1 aliphatic heterocycles. The largest absolute Gasteiger partial charge is 0.307 e. The molecule has 2 aliphatic rings. The second-order valence-corrected chi connectivity index (χ2v) is 7.76. The van der Waals surface area contributed by atoms with Crippen LogP contribution in [0.5, 0.6) is 0 Å². The van der Waals surface area contributed by atoms with Gasteiger partial charge in [0.25, 0.3) is 5.91 Å². The molecule has 0 bridgehead atoms. The van der Waals surface area contributed by atoms with E-state index in [1.54, 1.807) is 22.0 Å². The van der Waals surface area contributed by atoms with Gasteiger partial charge in [-0.3, -0.25) is 4.79 Å². The lowest BCUT2D eigenvalue weighted by atomic mass is 9.80. The number of nitrogens with zero attached hydrogens (tertiary/aromatic N) is 4. The number of hydrogen-bond acceptors (Lipinski definition) is 3. The van der Waals surface area contributed by atoms with E-state index >= 15 is 0 Å². The molecule has 2 heterocycles. The lowest BCUT2D eigenvalue weighted by Crippen LogP contribution is -2.36. The molecule has 5 nitrogen and oxygen atoms in total. The first-order chi connectivity index (χ1) is 13.7. The monoisotopic (exact) mass is 376 g/mol. The molecule has 142 valence electrons. The first-order valence-electron chi connectivity index (χ1n) is 9.69. The summed E-state index contributed by atoms with van der Waals surface area (Å²) in [5.41, 5.74) is 2.72. The fourth-order valence-electron chi connectivity index (χ4n) is 4.87. The van der Waals surface area contributed by atoms with Gasteiger partial charge in [0.1, 0.15) is 18.5 Å². The number of hydrogen-bond donors (Lipinski definition) is 0. The molecule has 2 aromatic carbocycles. The van der Waals surface area contributed by atoms with Crippen LogP contribution in [0.4, 0.5) is 10.1 Å². The van der Waals surface area contributed by atoms with E-state index in [-0.39, 0.29) is 17.1 Å². The maximum atomic E-state index is 14.8. The van der Waals surface area contributed by atoms with E-state index in [0.717, 1.165) is 42.5 Å². The van der Waals surface area contributed by atoms with Gasteiger partial charge in [-0.25, -0.2) is 14.1 Å². The molecule has 1 aliphatic carbocycles. The fourth-order valence-corrected chi connectivity index (χ4v) is 4.87. The SMILES string of the molecule is O=C(c1ccccc1Cn1cncn1)N1CC2(CCCC2)c2c(F)cccc21. The van der Waals surface area contributed by atoms with Crippen LogP contribution in [0.2, 0.25) is 0 Å². The Morgan fingerprint density at radius 3 is 2.71 bits per heavy atom. The van der Waals surface area contributed by atoms with Gasteiger partial charge in [0, 0.05) is 23.1 Å². The first-order valence-corrected chi connectivity index (χ1v) is 9.69. The van der Waals surface area contributed by atoms with E-state index in [2.05, 4.69) is 10.1 Å². The van der Waals surface area contributed by atoms with E-state index in [4.69, 9.17) is 0 Å². The molecule has 1 amide bonds. The maximum absolute atomic E-state index is 14.8. The smallest absolute Gasteiger partial charge is 0.258 e. The van der Waals surface area contributed by atoms with E-state index in [1.165, 1.54) is 12.4 Å². The summed E-state index contributed by atoms with van der Waals surface area (Å²) in [5.74, 6) is -0.267. The van der Waals surface area contributed by atoms with E-state index < -0.39 is 0 Å². The Balaban J connectivity index is 1.55. The Labute approximate surface area is 162 Å². The maximum Gasteiger partial charge on any atom is 0.258 e. The van der Waals surface area contributed by atoms with Gasteiger partial charge in [0.15, 0.2) is 0 Å². The molecule has 1 spiro atoms. The summed E-state index contributed by atoms with van der Waals surface area (Å²) in [7, 11) is 0. The number of anilines is 1. The second kappa shape index (κ2) is 6.55. The highest BCUT2D eigenvalue weighted by molar-refractivity contribution is 6.08. The summed E-state index contributed by atoms with van der Waals surface area (Å²) < 4.78 is 16.5. The Morgan fingerprint density at radius 2 is 1.93 bits per heavy atom. The van der Waals surface area contributed by atoms with Crippen molar-refractivity contribution in [3.05, 3.63) is 77.6 Å². The van der Waals surface area contributed by atoms with Crippen molar-refractivity contribution in [2.24, 2.45) is 0 Å². The van der Waals surface area contributed by atoms with Crippen molar-refractivity contribution >= 4 is 11.6 Å². The minimum atomic E-state index is -0.239.